The van der Waals surface area contributed by atoms with Gasteiger partial charge in [0.05, 0.1) is 24.9 Å². The minimum absolute atomic E-state index is 0.0672. The lowest BCUT2D eigenvalue weighted by atomic mass is 9.97. The Bertz CT molecular complexity index is 667. The Labute approximate surface area is 134 Å². The number of rotatable bonds is 6. The number of carbonyl (C=O) groups excluding carboxylic acids is 1. The largest absolute Gasteiger partial charge is 0.439 e. The van der Waals surface area contributed by atoms with Crippen molar-refractivity contribution in [1.29, 1.82) is 0 Å². The molecule has 3 rings (SSSR count). The Kier molecular flexibility index (Phi) is 4.34. The Morgan fingerprint density at radius 3 is 2.78 bits per heavy atom. The molecule has 2 amide bonds. The van der Waals surface area contributed by atoms with E-state index in [-0.39, 0.29) is 19.2 Å². The molecule has 1 aromatic heterocycles. The molecule has 0 saturated heterocycles. The number of nitrogens with zero attached hydrogens (tertiary/aromatic N) is 1. The van der Waals surface area contributed by atoms with Crippen LogP contribution in [-0.2, 0) is 6.54 Å². The van der Waals surface area contributed by atoms with Gasteiger partial charge in [0, 0.05) is 5.56 Å². The molecule has 6 nitrogen and oxygen atoms in total. The second-order valence-corrected chi connectivity index (χ2v) is 6.14. The van der Waals surface area contributed by atoms with E-state index >= 15 is 0 Å². The van der Waals surface area contributed by atoms with Gasteiger partial charge >= 0.3 is 6.03 Å². The zero-order valence-corrected chi connectivity index (χ0v) is 13.1. The number of aliphatic hydroxyl groups excluding tert-OH is 1. The van der Waals surface area contributed by atoms with Crippen LogP contribution in [0.15, 0.2) is 40.9 Å². The first-order valence-electron chi connectivity index (χ1n) is 7.78. The van der Waals surface area contributed by atoms with Gasteiger partial charge in [-0.25, -0.2) is 9.78 Å². The molecule has 1 unspecified atom stereocenters. The van der Waals surface area contributed by atoms with Crippen molar-refractivity contribution >= 4 is 6.03 Å². The van der Waals surface area contributed by atoms with Gasteiger partial charge in [0.1, 0.15) is 0 Å². The van der Waals surface area contributed by atoms with Crippen molar-refractivity contribution in [3.8, 4) is 11.3 Å². The maximum Gasteiger partial charge on any atom is 0.315 e. The van der Waals surface area contributed by atoms with Crippen LogP contribution in [-0.4, -0.2) is 28.3 Å². The number of benzene rings is 1. The van der Waals surface area contributed by atoms with E-state index in [4.69, 9.17) is 4.42 Å². The lowest BCUT2D eigenvalue weighted by molar-refractivity contribution is 0.155. The van der Waals surface area contributed by atoms with Gasteiger partial charge in [-0.1, -0.05) is 30.3 Å². The van der Waals surface area contributed by atoms with E-state index in [9.17, 15) is 9.90 Å². The fraction of sp³-hybridized carbons (Fsp3) is 0.412. The van der Waals surface area contributed by atoms with Crippen molar-refractivity contribution in [1.82, 2.24) is 15.6 Å². The first-order chi connectivity index (χ1) is 11.1. The fourth-order valence-corrected chi connectivity index (χ4v) is 2.58. The van der Waals surface area contributed by atoms with Crippen LogP contribution in [0.5, 0.6) is 0 Å². The Morgan fingerprint density at radius 1 is 1.39 bits per heavy atom. The Hall–Kier alpha value is -2.34. The minimum atomic E-state index is -0.560. The molecule has 1 saturated carbocycles. The highest BCUT2D eigenvalue weighted by atomic mass is 16.4. The second kappa shape index (κ2) is 6.42. The molecular formula is C17H21N3O3. The molecule has 0 bridgehead atoms. The summed E-state index contributed by atoms with van der Waals surface area (Å²) in [7, 11) is 0. The SMILES string of the molecule is CC(CO)(NC(=O)NCc1ncc(-c2ccccc2)o1)C1CC1. The molecule has 6 heteroatoms. The van der Waals surface area contributed by atoms with Gasteiger partial charge in [0.25, 0.3) is 0 Å². The third-order valence-corrected chi connectivity index (χ3v) is 4.22. The van der Waals surface area contributed by atoms with Crippen molar-refractivity contribution in [2.75, 3.05) is 6.61 Å². The number of hydrogen-bond donors (Lipinski definition) is 3. The third-order valence-electron chi connectivity index (χ3n) is 4.22. The van der Waals surface area contributed by atoms with Gasteiger partial charge in [-0.15, -0.1) is 0 Å². The van der Waals surface area contributed by atoms with E-state index in [0.717, 1.165) is 18.4 Å². The smallest absolute Gasteiger partial charge is 0.315 e. The maximum absolute atomic E-state index is 12.0. The quantitative estimate of drug-likeness (QED) is 0.763. The fourth-order valence-electron chi connectivity index (χ4n) is 2.58. The summed E-state index contributed by atoms with van der Waals surface area (Å²) in [5, 5.41) is 15.0. The van der Waals surface area contributed by atoms with Gasteiger partial charge in [0.15, 0.2) is 5.76 Å². The van der Waals surface area contributed by atoms with Gasteiger partial charge in [-0.3, -0.25) is 0 Å². The zero-order chi connectivity index (χ0) is 16.3. The van der Waals surface area contributed by atoms with Crippen LogP contribution >= 0.6 is 0 Å². The summed E-state index contributed by atoms with van der Waals surface area (Å²) in [6.45, 7) is 2.00. The van der Waals surface area contributed by atoms with E-state index in [1.165, 1.54) is 0 Å². The molecule has 1 heterocycles. The molecule has 0 aliphatic heterocycles. The van der Waals surface area contributed by atoms with Gasteiger partial charge < -0.3 is 20.2 Å². The minimum Gasteiger partial charge on any atom is -0.439 e. The van der Waals surface area contributed by atoms with Crippen molar-refractivity contribution in [3.63, 3.8) is 0 Å². The normalized spacial score (nSPS) is 16.6. The molecule has 122 valence electrons. The molecule has 0 spiro atoms. The molecule has 1 aliphatic rings. The lowest BCUT2D eigenvalue weighted by Crippen LogP contribution is -2.53. The Morgan fingerprint density at radius 2 is 2.13 bits per heavy atom. The molecule has 2 aromatic rings. The maximum atomic E-state index is 12.0. The van der Waals surface area contributed by atoms with Crippen LogP contribution in [0.1, 0.15) is 25.7 Å². The molecule has 1 atom stereocenters. The van der Waals surface area contributed by atoms with Crippen molar-refractivity contribution in [3.05, 3.63) is 42.4 Å². The number of aliphatic hydroxyl groups is 1. The van der Waals surface area contributed by atoms with Gasteiger partial charge in [0.2, 0.25) is 5.89 Å². The van der Waals surface area contributed by atoms with Crippen LogP contribution < -0.4 is 10.6 Å². The summed E-state index contributed by atoms with van der Waals surface area (Å²) < 4.78 is 5.63. The van der Waals surface area contributed by atoms with Crippen LogP contribution in [0, 0.1) is 5.92 Å². The molecule has 1 aromatic carbocycles. The number of carbonyl (C=O) groups is 1. The number of hydrogen-bond acceptors (Lipinski definition) is 4. The summed E-state index contributed by atoms with van der Waals surface area (Å²) in [6, 6.07) is 9.34. The molecule has 23 heavy (non-hydrogen) atoms. The second-order valence-electron chi connectivity index (χ2n) is 6.14. The Balaban J connectivity index is 1.54. The van der Waals surface area contributed by atoms with Crippen molar-refractivity contribution in [2.45, 2.75) is 31.8 Å². The molecule has 0 radical (unpaired) electrons. The average molecular weight is 315 g/mol. The highest BCUT2D eigenvalue weighted by Gasteiger charge is 2.42. The molecule has 1 fully saturated rings. The summed E-state index contributed by atoms with van der Waals surface area (Å²) in [5.41, 5.74) is 0.382. The third kappa shape index (κ3) is 3.71. The van der Waals surface area contributed by atoms with Crippen molar-refractivity contribution < 1.29 is 14.3 Å². The summed E-state index contributed by atoms with van der Waals surface area (Å²) in [5.74, 6) is 1.46. The molecule has 3 N–H and O–H groups in total. The summed E-state index contributed by atoms with van der Waals surface area (Å²) in [6.07, 6.45) is 3.72. The summed E-state index contributed by atoms with van der Waals surface area (Å²) >= 11 is 0. The van der Waals surface area contributed by atoms with Crippen LogP contribution in [0.3, 0.4) is 0 Å². The van der Waals surface area contributed by atoms with Gasteiger partial charge in [-0.2, -0.15) is 0 Å². The number of nitrogens with one attached hydrogen (secondary N) is 2. The van der Waals surface area contributed by atoms with Crippen LogP contribution in [0.2, 0.25) is 0 Å². The average Bonchev–Trinajstić information content (AvgIpc) is 3.33. The van der Waals surface area contributed by atoms with E-state index in [0.29, 0.717) is 17.6 Å². The van der Waals surface area contributed by atoms with Crippen LogP contribution in [0.25, 0.3) is 11.3 Å². The topological polar surface area (TPSA) is 87.4 Å². The number of oxazole rings is 1. The monoisotopic (exact) mass is 315 g/mol. The first kappa shape index (κ1) is 15.6. The molecule has 1 aliphatic carbocycles. The zero-order valence-electron chi connectivity index (χ0n) is 13.1. The number of urea groups is 1. The first-order valence-corrected chi connectivity index (χ1v) is 7.78. The highest BCUT2D eigenvalue weighted by Crippen LogP contribution is 2.39. The summed E-state index contributed by atoms with van der Waals surface area (Å²) in [4.78, 5) is 16.2. The highest BCUT2D eigenvalue weighted by molar-refractivity contribution is 5.74. The number of aromatic nitrogens is 1. The standard InChI is InChI=1S/C17H21N3O3/c1-17(11-21,13-7-8-13)20-16(22)19-10-15-18-9-14(23-15)12-5-3-2-4-6-12/h2-6,9,13,21H,7-8,10-11H2,1H3,(H2,19,20,22). The predicted molar refractivity (Wildman–Crippen MR) is 85.5 cm³/mol. The van der Waals surface area contributed by atoms with E-state index in [2.05, 4.69) is 15.6 Å². The van der Waals surface area contributed by atoms with Crippen molar-refractivity contribution in [2.24, 2.45) is 5.92 Å². The van der Waals surface area contributed by atoms with Gasteiger partial charge in [-0.05, 0) is 25.7 Å². The van der Waals surface area contributed by atoms with E-state index in [1.54, 1.807) is 6.20 Å². The number of amides is 2. The van der Waals surface area contributed by atoms with Crippen LogP contribution in [0.4, 0.5) is 4.79 Å². The van der Waals surface area contributed by atoms with E-state index < -0.39 is 5.54 Å². The lowest BCUT2D eigenvalue weighted by Gasteiger charge is -2.28. The van der Waals surface area contributed by atoms with E-state index in [1.807, 2.05) is 37.3 Å². The molecular weight excluding hydrogens is 294 g/mol. The predicted octanol–water partition coefficient (Wildman–Crippen LogP) is 2.30.